The van der Waals surface area contributed by atoms with E-state index >= 15 is 0 Å². The average Bonchev–Trinajstić information content (AvgIpc) is 3.10. The Bertz CT molecular complexity index is 690. The predicted octanol–water partition coefficient (Wildman–Crippen LogP) is 2.10. The number of aromatic nitrogens is 2. The highest BCUT2D eigenvalue weighted by Gasteiger charge is 2.35. The van der Waals surface area contributed by atoms with Crippen molar-refractivity contribution in [2.75, 3.05) is 32.8 Å². The van der Waals surface area contributed by atoms with Crippen LogP contribution in [0.25, 0.3) is 0 Å². The van der Waals surface area contributed by atoms with E-state index in [9.17, 15) is 8.42 Å². The summed E-state index contributed by atoms with van der Waals surface area (Å²) in [5.74, 6) is 0.678. The first-order valence-electron chi connectivity index (χ1n) is 10.2. The lowest BCUT2D eigenvalue weighted by atomic mass is 9.97. The Morgan fingerprint density at radius 3 is 2.37 bits per heavy atom. The summed E-state index contributed by atoms with van der Waals surface area (Å²) in [7, 11) is -1.69. The largest absolute Gasteiger partial charge is 0.381 e. The van der Waals surface area contributed by atoms with Gasteiger partial charge in [-0.15, -0.1) is 0 Å². The van der Waals surface area contributed by atoms with Crippen molar-refractivity contribution in [3.8, 4) is 0 Å². The number of rotatable bonds is 7. The van der Waals surface area contributed by atoms with Gasteiger partial charge in [-0.25, -0.2) is 13.4 Å². The normalized spacial score (nSPS) is 21.4. The van der Waals surface area contributed by atoms with Gasteiger partial charge in [0.25, 0.3) is 10.0 Å². The molecule has 8 heteroatoms. The van der Waals surface area contributed by atoms with Crippen LogP contribution in [0.1, 0.15) is 46.0 Å². The van der Waals surface area contributed by atoms with Crippen LogP contribution < -0.4 is 0 Å². The molecule has 3 rings (SSSR count). The average molecular weight is 399 g/mol. The molecule has 0 amide bonds. The molecule has 0 N–H and O–H groups in total. The number of nitrogens with zero attached hydrogens (tertiary/aromatic N) is 4. The summed E-state index contributed by atoms with van der Waals surface area (Å²) in [4.78, 5) is 6.71. The fourth-order valence-corrected chi connectivity index (χ4v) is 5.59. The number of ether oxygens (including phenoxy) is 1. The molecule has 0 saturated carbocycles. The lowest BCUT2D eigenvalue weighted by molar-refractivity contribution is 0.00494. The topological polar surface area (TPSA) is 67.7 Å². The maximum absolute atomic E-state index is 12.8. The molecule has 0 unspecified atom stereocenters. The van der Waals surface area contributed by atoms with Gasteiger partial charge in [-0.05, 0) is 44.6 Å². The van der Waals surface area contributed by atoms with Gasteiger partial charge in [0.05, 0.1) is 6.33 Å². The van der Waals surface area contributed by atoms with Gasteiger partial charge in [0.15, 0.2) is 5.03 Å². The molecule has 2 saturated heterocycles. The molecule has 2 aliphatic heterocycles. The quantitative estimate of drug-likeness (QED) is 0.704. The van der Waals surface area contributed by atoms with E-state index in [1.807, 2.05) is 0 Å². The van der Waals surface area contributed by atoms with E-state index in [-0.39, 0.29) is 5.03 Å². The molecule has 0 atom stereocenters. The highest BCUT2D eigenvalue weighted by molar-refractivity contribution is 7.89. The molecule has 0 radical (unpaired) electrons. The van der Waals surface area contributed by atoms with E-state index in [1.165, 1.54) is 6.42 Å². The summed E-state index contributed by atoms with van der Waals surface area (Å²) in [6.45, 7) is 8.47. The molecule has 0 aromatic carbocycles. The van der Waals surface area contributed by atoms with E-state index in [0.29, 0.717) is 31.1 Å². The van der Waals surface area contributed by atoms with Gasteiger partial charge in [-0.1, -0.05) is 13.8 Å². The van der Waals surface area contributed by atoms with Crippen molar-refractivity contribution in [2.24, 2.45) is 13.0 Å². The number of aryl methyl sites for hydroxylation is 1. The Kier molecular flexibility index (Phi) is 6.94. The Morgan fingerprint density at radius 1 is 1.19 bits per heavy atom. The fourth-order valence-electron chi connectivity index (χ4n) is 4.16. The number of sulfonamides is 1. The van der Waals surface area contributed by atoms with Crippen LogP contribution in [0.2, 0.25) is 0 Å². The van der Waals surface area contributed by atoms with E-state index in [2.05, 4.69) is 23.7 Å². The minimum absolute atomic E-state index is 0.157. The van der Waals surface area contributed by atoms with Gasteiger partial charge >= 0.3 is 0 Å². The van der Waals surface area contributed by atoms with Crippen LogP contribution in [0.4, 0.5) is 0 Å². The smallest absolute Gasteiger partial charge is 0.262 e. The molecule has 1 aromatic rings. The third-order valence-corrected chi connectivity index (χ3v) is 7.59. The maximum Gasteiger partial charge on any atom is 0.262 e. The fraction of sp³-hybridized carbons (Fsp3) is 0.842. The van der Waals surface area contributed by atoms with Gasteiger partial charge in [-0.2, -0.15) is 4.31 Å². The lowest BCUT2D eigenvalue weighted by Crippen LogP contribution is -2.51. The number of hydrogen-bond acceptors (Lipinski definition) is 5. The van der Waals surface area contributed by atoms with Gasteiger partial charge in [0, 0.05) is 51.6 Å². The van der Waals surface area contributed by atoms with Gasteiger partial charge < -0.3 is 9.30 Å². The van der Waals surface area contributed by atoms with E-state index in [1.54, 1.807) is 28.4 Å². The van der Waals surface area contributed by atoms with Gasteiger partial charge in [-0.3, -0.25) is 4.90 Å². The van der Waals surface area contributed by atoms with Crippen molar-refractivity contribution in [2.45, 2.75) is 63.1 Å². The molecule has 0 spiro atoms. The van der Waals surface area contributed by atoms with Crippen LogP contribution in [0.15, 0.2) is 17.6 Å². The third-order valence-electron chi connectivity index (χ3n) is 5.80. The molecule has 0 aliphatic carbocycles. The first-order valence-corrected chi connectivity index (χ1v) is 11.6. The van der Waals surface area contributed by atoms with Crippen LogP contribution in [0, 0.1) is 5.92 Å². The summed E-state index contributed by atoms with van der Waals surface area (Å²) in [6, 6.07) is 1.03. The minimum atomic E-state index is -3.48. The zero-order chi connectivity index (χ0) is 19.4. The summed E-state index contributed by atoms with van der Waals surface area (Å²) >= 11 is 0. The van der Waals surface area contributed by atoms with Crippen LogP contribution in [-0.2, 0) is 21.8 Å². The molecule has 1 aromatic heterocycles. The summed E-state index contributed by atoms with van der Waals surface area (Å²) in [5.41, 5.74) is 0. The monoisotopic (exact) mass is 398 g/mol. The summed E-state index contributed by atoms with van der Waals surface area (Å²) < 4.78 is 34.5. The zero-order valence-electron chi connectivity index (χ0n) is 16.9. The molecule has 27 heavy (non-hydrogen) atoms. The molecular weight excluding hydrogens is 364 g/mol. The van der Waals surface area contributed by atoms with Crippen LogP contribution in [0.3, 0.4) is 0 Å². The van der Waals surface area contributed by atoms with Crippen molar-refractivity contribution in [3.63, 3.8) is 0 Å². The highest BCUT2D eigenvalue weighted by Crippen LogP contribution is 2.27. The Hall–Kier alpha value is -0.960. The SMILES string of the molecule is CC(C)CCN(C1CCOCC1)C1CCN(S(=O)(=O)c2cn(C)cn2)CC1. The second kappa shape index (κ2) is 9.03. The van der Waals surface area contributed by atoms with Crippen LogP contribution in [0.5, 0.6) is 0 Å². The van der Waals surface area contributed by atoms with E-state index < -0.39 is 10.0 Å². The van der Waals surface area contributed by atoms with Crippen molar-refractivity contribution in [1.29, 1.82) is 0 Å². The Morgan fingerprint density at radius 2 is 1.81 bits per heavy atom. The lowest BCUT2D eigenvalue weighted by Gasteiger charge is -2.43. The van der Waals surface area contributed by atoms with Crippen molar-refractivity contribution in [3.05, 3.63) is 12.5 Å². The molecule has 154 valence electrons. The standard InChI is InChI=1S/C19H34N4O3S/c1-16(2)4-11-23(18-7-12-26-13-8-18)17-5-9-22(10-6-17)27(24,25)19-14-21(3)15-20-19/h14-18H,4-13H2,1-3H3. The second-order valence-electron chi connectivity index (χ2n) is 8.28. The van der Waals surface area contributed by atoms with Crippen LogP contribution >= 0.6 is 0 Å². The zero-order valence-corrected chi connectivity index (χ0v) is 17.7. The molecule has 2 fully saturated rings. The predicted molar refractivity (Wildman–Crippen MR) is 105 cm³/mol. The molecule has 3 heterocycles. The molecular formula is C19H34N4O3S. The Labute approximate surface area is 163 Å². The molecule has 2 aliphatic rings. The first kappa shape index (κ1) is 20.8. The molecule has 7 nitrogen and oxygen atoms in total. The third kappa shape index (κ3) is 5.10. The molecule has 0 bridgehead atoms. The van der Waals surface area contributed by atoms with E-state index in [0.717, 1.165) is 45.4 Å². The Balaban J connectivity index is 1.64. The van der Waals surface area contributed by atoms with Crippen molar-refractivity contribution >= 4 is 10.0 Å². The minimum Gasteiger partial charge on any atom is -0.381 e. The van der Waals surface area contributed by atoms with Gasteiger partial charge in [0.2, 0.25) is 0 Å². The first-order chi connectivity index (χ1) is 12.9. The number of imidazole rings is 1. The highest BCUT2D eigenvalue weighted by atomic mass is 32.2. The maximum atomic E-state index is 12.8. The number of piperidine rings is 1. The summed E-state index contributed by atoms with van der Waals surface area (Å²) in [5, 5.41) is 0.157. The number of hydrogen-bond donors (Lipinski definition) is 0. The van der Waals surface area contributed by atoms with E-state index in [4.69, 9.17) is 4.74 Å². The van der Waals surface area contributed by atoms with Crippen molar-refractivity contribution < 1.29 is 13.2 Å². The van der Waals surface area contributed by atoms with Gasteiger partial charge in [0.1, 0.15) is 0 Å². The van der Waals surface area contributed by atoms with Crippen molar-refractivity contribution in [1.82, 2.24) is 18.8 Å². The second-order valence-corrected chi connectivity index (χ2v) is 10.2. The summed E-state index contributed by atoms with van der Waals surface area (Å²) in [6.07, 6.45) is 8.26. The van der Waals surface area contributed by atoms with Crippen LogP contribution in [-0.4, -0.2) is 72.1 Å².